The van der Waals surface area contributed by atoms with E-state index in [4.69, 9.17) is 0 Å². The molecule has 0 fully saturated rings. The summed E-state index contributed by atoms with van der Waals surface area (Å²) in [5, 5.41) is 7.55. The van der Waals surface area contributed by atoms with Crippen molar-refractivity contribution >= 4 is 0 Å². The van der Waals surface area contributed by atoms with E-state index in [1.54, 1.807) is 4.68 Å². The number of hydrogen-bond acceptors (Lipinski definition) is 4. The molecule has 0 amide bonds. The molecular formula is C13H18FN5. The van der Waals surface area contributed by atoms with Gasteiger partial charge in [0.15, 0.2) is 5.82 Å². The van der Waals surface area contributed by atoms with Crippen molar-refractivity contribution in [3.8, 4) is 5.82 Å². The van der Waals surface area contributed by atoms with Crippen molar-refractivity contribution in [1.29, 1.82) is 0 Å². The summed E-state index contributed by atoms with van der Waals surface area (Å²) in [6, 6.07) is 1.79. The number of rotatable bonds is 4. The van der Waals surface area contributed by atoms with Crippen molar-refractivity contribution in [3.63, 3.8) is 0 Å². The largest absolute Gasteiger partial charge is 0.310 e. The van der Waals surface area contributed by atoms with E-state index in [-0.39, 0.29) is 5.82 Å². The first-order valence-corrected chi connectivity index (χ1v) is 6.26. The van der Waals surface area contributed by atoms with E-state index < -0.39 is 0 Å². The first-order chi connectivity index (χ1) is 8.97. The van der Waals surface area contributed by atoms with Crippen LogP contribution >= 0.6 is 0 Å². The maximum Gasteiger partial charge on any atom is 0.160 e. The molecule has 2 aromatic heterocycles. The zero-order chi connectivity index (χ0) is 14.0. The van der Waals surface area contributed by atoms with Crippen LogP contribution in [0, 0.1) is 19.7 Å². The number of nitrogens with one attached hydrogen (secondary N) is 1. The van der Waals surface area contributed by atoms with Gasteiger partial charge in [0.2, 0.25) is 0 Å². The highest BCUT2D eigenvalue weighted by atomic mass is 19.1. The van der Waals surface area contributed by atoms with Crippen LogP contribution in [-0.4, -0.2) is 25.8 Å². The molecule has 0 bridgehead atoms. The zero-order valence-electron chi connectivity index (χ0n) is 11.6. The van der Waals surface area contributed by atoms with Gasteiger partial charge in [-0.3, -0.25) is 0 Å². The predicted molar refractivity (Wildman–Crippen MR) is 70.6 cm³/mol. The fraction of sp³-hybridized carbons (Fsp3) is 0.462. The first-order valence-electron chi connectivity index (χ1n) is 6.26. The Balaban J connectivity index is 2.41. The van der Waals surface area contributed by atoms with E-state index in [2.05, 4.69) is 20.4 Å². The van der Waals surface area contributed by atoms with Crippen LogP contribution in [0.15, 0.2) is 12.3 Å². The van der Waals surface area contributed by atoms with Crippen LogP contribution in [0.1, 0.15) is 31.1 Å². The van der Waals surface area contributed by atoms with Crippen molar-refractivity contribution in [1.82, 2.24) is 25.1 Å². The summed E-state index contributed by atoms with van der Waals surface area (Å²) >= 11 is 0. The SMILES string of the molecule is Cc1nc(C)n(-c2ncc(F)cc2CNC(C)C)n1. The predicted octanol–water partition coefficient (Wildman–Crippen LogP) is 1.92. The Bertz CT molecular complexity index is 576. The molecule has 0 atom stereocenters. The van der Waals surface area contributed by atoms with E-state index in [1.807, 2.05) is 27.7 Å². The Hall–Kier alpha value is -1.82. The lowest BCUT2D eigenvalue weighted by Gasteiger charge is -2.12. The van der Waals surface area contributed by atoms with Gasteiger partial charge in [0.25, 0.3) is 0 Å². The highest BCUT2D eigenvalue weighted by Gasteiger charge is 2.12. The molecule has 0 saturated heterocycles. The van der Waals surface area contributed by atoms with Crippen molar-refractivity contribution < 1.29 is 4.39 Å². The lowest BCUT2D eigenvalue weighted by molar-refractivity contribution is 0.573. The maximum absolute atomic E-state index is 13.4. The van der Waals surface area contributed by atoms with Gasteiger partial charge >= 0.3 is 0 Å². The summed E-state index contributed by atoms with van der Waals surface area (Å²) in [5.41, 5.74) is 0.765. The number of hydrogen-bond donors (Lipinski definition) is 1. The van der Waals surface area contributed by atoms with Crippen molar-refractivity contribution in [3.05, 3.63) is 35.3 Å². The number of aryl methyl sites for hydroxylation is 2. The molecule has 2 rings (SSSR count). The molecule has 102 valence electrons. The van der Waals surface area contributed by atoms with Crippen LogP contribution in [0.3, 0.4) is 0 Å². The van der Waals surface area contributed by atoms with Crippen LogP contribution in [0.5, 0.6) is 0 Å². The molecule has 0 aliphatic heterocycles. The molecular weight excluding hydrogens is 245 g/mol. The van der Waals surface area contributed by atoms with Gasteiger partial charge in [0.1, 0.15) is 17.5 Å². The second kappa shape index (κ2) is 5.44. The number of pyridine rings is 1. The smallest absolute Gasteiger partial charge is 0.160 e. The van der Waals surface area contributed by atoms with Crippen LogP contribution < -0.4 is 5.32 Å². The molecule has 0 spiro atoms. The minimum absolute atomic E-state index is 0.315. The first kappa shape index (κ1) is 13.6. The quantitative estimate of drug-likeness (QED) is 0.915. The monoisotopic (exact) mass is 263 g/mol. The van der Waals surface area contributed by atoms with Gasteiger partial charge in [-0.2, -0.15) is 4.68 Å². The topological polar surface area (TPSA) is 55.6 Å². The minimum atomic E-state index is -0.348. The van der Waals surface area contributed by atoms with Crippen LogP contribution in [0.4, 0.5) is 4.39 Å². The third kappa shape index (κ3) is 3.14. The molecule has 0 unspecified atom stereocenters. The molecule has 0 radical (unpaired) electrons. The molecule has 0 aliphatic rings. The van der Waals surface area contributed by atoms with Crippen LogP contribution in [0.2, 0.25) is 0 Å². The zero-order valence-corrected chi connectivity index (χ0v) is 11.6. The number of aromatic nitrogens is 4. The van der Waals surface area contributed by atoms with Gasteiger partial charge in [-0.15, -0.1) is 5.10 Å². The fourth-order valence-corrected chi connectivity index (χ4v) is 1.83. The van der Waals surface area contributed by atoms with E-state index in [1.165, 1.54) is 12.3 Å². The average Bonchev–Trinajstić information content (AvgIpc) is 2.66. The van der Waals surface area contributed by atoms with Gasteiger partial charge in [-0.05, 0) is 19.9 Å². The third-order valence-corrected chi connectivity index (χ3v) is 2.69. The Morgan fingerprint density at radius 3 is 2.68 bits per heavy atom. The fourth-order valence-electron chi connectivity index (χ4n) is 1.83. The minimum Gasteiger partial charge on any atom is -0.310 e. The Morgan fingerprint density at radius 1 is 1.37 bits per heavy atom. The van der Waals surface area contributed by atoms with Gasteiger partial charge in [-0.1, -0.05) is 13.8 Å². The second-order valence-corrected chi connectivity index (χ2v) is 4.79. The molecule has 19 heavy (non-hydrogen) atoms. The van der Waals surface area contributed by atoms with E-state index >= 15 is 0 Å². The normalized spacial score (nSPS) is 11.3. The van der Waals surface area contributed by atoms with E-state index in [0.29, 0.717) is 24.2 Å². The molecule has 0 aromatic carbocycles. The average molecular weight is 263 g/mol. The summed E-state index contributed by atoms with van der Waals surface area (Å²) in [6.07, 6.45) is 1.20. The van der Waals surface area contributed by atoms with E-state index in [9.17, 15) is 4.39 Å². The Morgan fingerprint density at radius 2 is 2.11 bits per heavy atom. The molecule has 6 heteroatoms. The Labute approximate surface area is 111 Å². The van der Waals surface area contributed by atoms with Crippen molar-refractivity contribution in [2.75, 3.05) is 0 Å². The summed E-state index contributed by atoms with van der Waals surface area (Å²) in [5.74, 6) is 1.68. The molecule has 0 aliphatic carbocycles. The summed E-state index contributed by atoms with van der Waals surface area (Å²) in [4.78, 5) is 8.39. The summed E-state index contributed by atoms with van der Waals surface area (Å²) in [6.45, 7) is 8.29. The summed E-state index contributed by atoms with van der Waals surface area (Å²) in [7, 11) is 0. The lowest BCUT2D eigenvalue weighted by atomic mass is 10.2. The van der Waals surface area contributed by atoms with Crippen LogP contribution in [-0.2, 0) is 6.54 Å². The standard InChI is InChI=1S/C13H18FN5/c1-8(2)15-6-11-5-12(14)7-16-13(11)19-10(4)17-9(3)18-19/h5,7-8,15H,6H2,1-4H3. The molecule has 2 aromatic rings. The highest BCUT2D eigenvalue weighted by Crippen LogP contribution is 2.14. The van der Waals surface area contributed by atoms with Crippen LogP contribution in [0.25, 0.3) is 5.82 Å². The third-order valence-electron chi connectivity index (χ3n) is 2.69. The molecule has 1 N–H and O–H groups in total. The Kier molecular flexibility index (Phi) is 3.90. The lowest BCUT2D eigenvalue weighted by Crippen LogP contribution is -2.23. The molecule has 5 nitrogen and oxygen atoms in total. The number of nitrogens with zero attached hydrogens (tertiary/aromatic N) is 4. The van der Waals surface area contributed by atoms with E-state index in [0.717, 1.165) is 11.4 Å². The maximum atomic E-state index is 13.4. The number of halogens is 1. The second-order valence-electron chi connectivity index (χ2n) is 4.79. The van der Waals surface area contributed by atoms with Gasteiger partial charge in [-0.25, -0.2) is 14.4 Å². The summed E-state index contributed by atoms with van der Waals surface area (Å²) < 4.78 is 15.0. The molecule has 0 saturated carbocycles. The van der Waals surface area contributed by atoms with Crippen molar-refractivity contribution in [2.24, 2.45) is 0 Å². The highest BCUT2D eigenvalue weighted by molar-refractivity contribution is 5.34. The van der Waals surface area contributed by atoms with Gasteiger partial charge in [0.05, 0.1) is 6.20 Å². The van der Waals surface area contributed by atoms with Gasteiger partial charge in [0, 0.05) is 18.2 Å². The molecule has 2 heterocycles. The van der Waals surface area contributed by atoms with Gasteiger partial charge < -0.3 is 5.32 Å². The van der Waals surface area contributed by atoms with Crippen molar-refractivity contribution in [2.45, 2.75) is 40.3 Å².